The molecule has 0 atom stereocenters. The monoisotopic (exact) mass is 324 g/mol. The molecule has 2 aromatic rings. The van der Waals surface area contributed by atoms with Gasteiger partial charge in [-0.15, -0.1) is 0 Å². The zero-order chi connectivity index (χ0) is 16.2. The highest BCUT2D eigenvalue weighted by atomic mass is 32.2. The molecule has 22 heavy (non-hydrogen) atoms. The van der Waals surface area contributed by atoms with Crippen molar-refractivity contribution in [2.75, 3.05) is 12.5 Å². The van der Waals surface area contributed by atoms with Gasteiger partial charge < -0.3 is 5.32 Å². The van der Waals surface area contributed by atoms with Crippen LogP contribution in [-0.4, -0.2) is 32.4 Å². The van der Waals surface area contributed by atoms with E-state index in [2.05, 4.69) is 14.8 Å². The normalized spacial score (nSPS) is 11.2. The minimum absolute atomic E-state index is 0.0331. The Morgan fingerprint density at radius 1 is 1.36 bits per heavy atom. The third kappa shape index (κ3) is 5.28. The van der Waals surface area contributed by atoms with Crippen molar-refractivity contribution in [3.8, 4) is 0 Å². The number of rotatable bonds is 5. The molecule has 6 nitrogen and oxygen atoms in total. The van der Waals surface area contributed by atoms with Gasteiger partial charge in [-0.1, -0.05) is 12.1 Å². The predicted octanol–water partition coefficient (Wildman–Crippen LogP) is 1.70. The highest BCUT2D eigenvalue weighted by Crippen LogP contribution is 2.11. The Labute approximate surface area is 128 Å². The molecule has 0 aliphatic carbocycles. The van der Waals surface area contributed by atoms with Gasteiger partial charge in [0.1, 0.15) is 18.0 Å². The van der Waals surface area contributed by atoms with Crippen molar-refractivity contribution in [2.24, 2.45) is 4.36 Å². The van der Waals surface area contributed by atoms with Gasteiger partial charge in [-0.3, -0.25) is 9.48 Å². The summed E-state index contributed by atoms with van der Waals surface area (Å²) in [5.41, 5.74) is 1.28. The number of hydrogen-bond donors (Lipinski definition) is 1. The fraction of sp³-hybridized carbons (Fsp3) is 0.286. The maximum atomic E-state index is 12.8. The average Bonchev–Trinajstić information content (AvgIpc) is 2.83. The molecule has 1 aromatic carbocycles. The molecule has 1 heterocycles. The molecule has 0 spiro atoms. The lowest BCUT2D eigenvalue weighted by atomic mass is 10.2. The van der Waals surface area contributed by atoms with E-state index in [1.54, 1.807) is 18.3 Å². The van der Waals surface area contributed by atoms with Gasteiger partial charge in [0.15, 0.2) is 0 Å². The first-order valence-electron chi connectivity index (χ1n) is 6.52. The summed E-state index contributed by atoms with van der Waals surface area (Å²) in [6.07, 6.45) is 6.07. The second kappa shape index (κ2) is 6.69. The molecule has 0 saturated carbocycles. The van der Waals surface area contributed by atoms with E-state index in [0.29, 0.717) is 12.2 Å². The van der Waals surface area contributed by atoms with Gasteiger partial charge in [0.05, 0.1) is 12.4 Å². The van der Waals surface area contributed by atoms with Crippen molar-refractivity contribution >= 4 is 21.3 Å². The molecular weight excluding hydrogens is 307 g/mol. The molecule has 1 aromatic heterocycles. The zero-order valence-electron chi connectivity index (χ0n) is 12.3. The fourth-order valence-electron chi connectivity index (χ4n) is 1.75. The lowest BCUT2D eigenvalue weighted by Crippen LogP contribution is -2.27. The minimum Gasteiger partial charge on any atom is -0.350 e. The highest BCUT2D eigenvalue weighted by molar-refractivity contribution is 7.92. The fourth-order valence-corrected chi connectivity index (χ4v) is 2.35. The van der Waals surface area contributed by atoms with Crippen molar-refractivity contribution in [3.63, 3.8) is 0 Å². The predicted molar refractivity (Wildman–Crippen MR) is 82.6 cm³/mol. The Bertz CT molecular complexity index is 768. The van der Waals surface area contributed by atoms with Gasteiger partial charge in [-0.2, -0.15) is 9.46 Å². The van der Waals surface area contributed by atoms with E-state index >= 15 is 0 Å². The first-order valence-corrected chi connectivity index (χ1v) is 8.86. The van der Waals surface area contributed by atoms with Crippen LogP contribution in [0.4, 0.5) is 10.1 Å². The number of carbonyl (C=O) groups is 1. The van der Waals surface area contributed by atoms with Crippen LogP contribution in [0.1, 0.15) is 5.56 Å². The summed E-state index contributed by atoms with van der Waals surface area (Å²) in [4.78, 5) is 11.8. The van der Waals surface area contributed by atoms with E-state index in [0.717, 1.165) is 5.56 Å². The second-order valence-electron chi connectivity index (χ2n) is 5.07. The number of carbonyl (C=O) groups excluding carboxylic acids is 1. The number of benzene rings is 1. The lowest BCUT2D eigenvalue weighted by molar-refractivity contribution is -0.122. The summed E-state index contributed by atoms with van der Waals surface area (Å²) in [6, 6.07) is 5.91. The van der Waals surface area contributed by atoms with Crippen LogP contribution in [0.5, 0.6) is 0 Å². The van der Waals surface area contributed by atoms with Gasteiger partial charge in [0, 0.05) is 28.8 Å². The molecule has 1 amide bonds. The van der Waals surface area contributed by atoms with Crippen LogP contribution in [0, 0.1) is 5.82 Å². The van der Waals surface area contributed by atoms with E-state index in [9.17, 15) is 13.4 Å². The first-order chi connectivity index (χ1) is 10.3. The maximum absolute atomic E-state index is 12.8. The van der Waals surface area contributed by atoms with Crippen LogP contribution in [-0.2, 0) is 27.6 Å². The summed E-state index contributed by atoms with van der Waals surface area (Å²) in [6.45, 7) is 0.348. The van der Waals surface area contributed by atoms with Gasteiger partial charge in [-0.25, -0.2) is 8.60 Å². The Morgan fingerprint density at radius 3 is 2.68 bits per heavy atom. The molecule has 0 saturated heterocycles. The molecule has 0 aliphatic rings. The number of nitrogens with zero attached hydrogens (tertiary/aromatic N) is 3. The van der Waals surface area contributed by atoms with Crippen LogP contribution in [0.15, 0.2) is 41.0 Å². The number of halogens is 1. The summed E-state index contributed by atoms with van der Waals surface area (Å²) in [5.74, 6) is -0.543. The summed E-state index contributed by atoms with van der Waals surface area (Å²) >= 11 is 0. The van der Waals surface area contributed by atoms with Crippen LogP contribution in [0.2, 0.25) is 0 Å². The smallest absolute Gasteiger partial charge is 0.241 e. The summed E-state index contributed by atoms with van der Waals surface area (Å²) in [7, 11) is -2.25. The molecule has 0 bridgehead atoms. The van der Waals surface area contributed by atoms with Crippen molar-refractivity contribution in [1.29, 1.82) is 0 Å². The van der Waals surface area contributed by atoms with Gasteiger partial charge in [0.2, 0.25) is 5.91 Å². The molecule has 118 valence electrons. The molecule has 1 N–H and O–H groups in total. The van der Waals surface area contributed by atoms with Crippen LogP contribution in [0.25, 0.3) is 0 Å². The van der Waals surface area contributed by atoms with Gasteiger partial charge >= 0.3 is 0 Å². The van der Waals surface area contributed by atoms with Crippen molar-refractivity contribution in [3.05, 3.63) is 48.0 Å². The second-order valence-corrected chi connectivity index (χ2v) is 7.62. The van der Waals surface area contributed by atoms with Crippen molar-refractivity contribution in [1.82, 2.24) is 15.1 Å². The first kappa shape index (κ1) is 16.2. The Balaban J connectivity index is 1.90. The number of aromatic nitrogens is 2. The minimum atomic E-state index is -2.25. The third-order valence-electron chi connectivity index (χ3n) is 2.65. The molecule has 0 fully saturated rings. The SMILES string of the molecule is CS(C)(=O)=Nc1cnn(CC(=O)NCc2ccc(F)cc2)c1. The van der Waals surface area contributed by atoms with E-state index in [4.69, 9.17) is 0 Å². The molecule has 0 unspecified atom stereocenters. The summed E-state index contributed by atoms with van der Waals surface area (Å²) < 4.78 is 29.7. The number of hydrogen-bond acceptors (Lipinski definition) is 4. The Hall–Kier alpha value is -2.22. The lowest BCUT2D eigenvalue weighted by Gasteiger charge is -2.05. The third-order valence-corrected chi connectivity index (χ3v) is 3.30. The Morgan fingerprint density at radius 2 is 2.05 bits per heavy atom. The highest BCUT2D eigenvalue weighted by Gasteiger charge is 2.05. The zero-order valence-corrected chi connectivity index (χ0v) is 13.1. The largest absolute Gasteiger partial charge is 0.350 e. The van der Waals surface area contributed by atoms with E-state index < -0.39 is 9.73 Å². The standard InChI is InChI=1S/C14H17FN4O2S/c1-22(2,21)18-13-8-17-19(9-13)10-14(20)16-7-11-3-5-12(15)6-4-11/h3-6,8-9H,7,10H2,1-2H3,(H,16,20). The number of nitrogens with one attached hydrogen (secondary N) is 1. The van der Waals surface area contributed by atoms with Crippen LogP contribution >= 0.6 is 0 Å². The molecule has 8 heteroatoms. The number of amides is 1. The van der Waals surface area contributed by atoms with E-state index in [1.165, 1.54) is 35.5 Å². The topological polar surface area (TPSA) is 76.3 Å². The van der Waals surface area contributed by atoms with Crippen LogP contribution < -0.4 is 5.32 Å². The molecular formula is C14H17FN4O2S. The van der Waals surface area contributed by atoms with Crippen LogP contribution in [0.3, 0.4) is 0 Å². The van der Waals surface area contributed by atoms with Crippen molar-refractivity contribution in [2.45, 2.75) is 13.1 Å². The van der Waals surface area contributed by atoms with Gasteiger partial charge in [-0.05, 0) is 17.7 Å². The average molecular weight is 324 g/mol. The van der Waals surface area contributed by atoms with Gasteiger partial charge in [0.25, 0.3) is 0 Å². The maximum Gasteiger partial charge on any atom is 0.241 e. The molecule has 2 rings (SSSR count). The quantitative estimate of drug-likeness (QED) is 0.909. The molecule has 0 radical (unpaired) electrons. The molecule has 0 aliphatic heterocycles. The Kier molecular flexibility index (Phi) is 4.92. The summed E-state index contributed by atoms with van der Waals surface area (Å²) in [5, 5.41) is 6.71. The van der Waals surface area contributed by atoms with E-state index in [1.807, 2.05) is 0 Å². The van der Waals surface area contributed by atoms with E-state index in [-0.39, 0.29) is 18.3 Å². The van der Waals surface area contributed by atoms with Crippen molar-refractivity contribution < 1.29 is 13.4 Å².